The van der Waals surface area contributed by atoms with Gasteiger partial charge in [-0.3, -0.25) is 10.1 Å². The fourth-order valence-electron chi connectivity index (χ4n) is 2.98. The predicted molar refractivity (Wildman–Crippen MR) is 119 cm³/mol. The van der Waals surface area contributed by atoms with E-state index in [1.54, 1.807) is 31.4 Å². The average molecular weight is 401 g/mol. The molecule has 1 N–H and O–H groups in total. The zero-order valence-electron chi connectivity index (χ0n) is 16.2. The summed E-state index contributed by atoms with van der Waals surface area (Å²) in [5.41, 5.74) is 4.71. The van der Waals surface area contributed by atoms with Crippen molar-refractivity contribution in [1.82, 2.24) is 4.98 Å². The molecule has 0 unspecified atom stereocenters. The van der Waals surface area contributed by atoms with Gasteiger partial charge in [0.2, 0.25) is 0 Å². The number of rotatable bonds is 5. The van der Waals surface area contributed by atoms with E-state index < -0.39 is 0 Å². The summed E-state index contributed by atoms with van der Waals surface area (Å²) in [6.07, 6.45) is 0. The number of thiazole rings is 1. The summed E-state index contributed by atoms with van der Waals surface area (Å²) in [5, 5.41) is 3.50. The maximum Gasteiger partial charge on any atom is 0.257 e. The summed E-state index contributed by atoms with van der Waals surface area (Å²) >= 11 is 1.47. The van der Waals surface area contributed by atoms with Crippen LogP contribution in [0.15, 0.2) is 78.9 Å². The zero-order chi connectivity index (χ0) is 20.2. The average Bonchev–Trinajstić information content (AvgIpc) is 3.18. The predicted octanol–water partition coefficient (Wildman–Crippen LogP) is 6.05. The van der Waals surface area contributed by atoms with Crippen molar-refractivity contribution in [2.45, 2.75) is 6.92 Å². The molecule has 0 saturated heterocycles. The van der Waals surface area contributed by atoms with Gasteiger partial charge in [0.25, 0.3) is 5.91 Å². The Bertz CT molecular complexity index is 1120. The van der Waals surface area contributed by atoms with Crippen molar-refractivity contribution in [3.8, 4) is 27.4 Å². The lowest BCUT2D eigenvalue weighted by Gasteiger charge is -2.03. The van der Waals surface area contributed by atoms with Gasteiger partial charge in [0.05, 0.1) is 17.7 Å². The minimum absolute atomic E-state index is 0.198. The molecule has 5 heteroatoms. The molecule has 0 saturated carbocycles. The second-order valence-electron chi connectivity index (χ2n) is 6.61. The van der Waals surface area contributed by atoms with Crippen LogP contribution in [0.25, 0.3) is 21.7 Å². The summed E-state index contributed by atoms with van der Waals surface area (Å²) in [7, 11) is 1.60. The number of methoxy groups -OCH3 is 1. The minimum atomic E-state index is -0.198. The van der Waals surface area contributed by atoms with Gasteiger partial charge in [-0.15, -0.1) is 0 Å². The third kappa shape index (κ3) is 4.20. The number of hydrogen-bond donors (Lipinski definition) is 1. The summed E-state index contributed by atoms with van der Waals surface area (Å²) in [4.78, 5) is 18.4. The van der Waals surface area contributed by atoms with Crippen LogP contribution in [0, 0.1) is 6.92 Å². The van der Waals surface area contributed by atoms with Crippen LogP contribution in [0.3, 0.4) is 0 Å². The summed E-state index contributed by atoms with van der Waals surface area (Å²) < 4.78 is 5.15. The molecule has 3 aromatic carbocycles. The van der Waals surface area contributed by atoms with E-state index in [1.807, 2.05) is 18.2 Å². The van der Waals surface area contributed by atoms with E-state index in [0.717, 1.165) is 21.7 Å². The Morgan fingerprint density at radius 2 is 1.59 bits per heavy atom. The molecule has 0 bridgehead atoms. The molecule has 0 aliphatic carbocycles. The summed E-state index contributed by atoms with van der Waals surface area (Å²) in [6, 6.07) is 25.4. The van der Waals surface area contributed by atoms with E-state index in [2.05, 4.69) is 48.6 Å². The second kappa shape index (κ2) is 8.29. The van der Waals surface area contributed by atoms with Gasteiger partial charge in [0, 0.05) is 11.1 Å². The fraction of sp³-hybridized carbons (Fsp3) is 0.0833. The van der Waals surface area contributed by atoms with Crippen molar-refractivity contribution in [2.24, 2.45) is 0 Å². The van der Waals surface area contributed by atoms with Crippen molar-refractivity contribution in [1.29, 1.82) is 0 Å². The van der Waals surface area contributed by atoms with Crippen LogP contribution in [0.5, 0.6) is 5.75 Å². The van der Waals surface area contributed by atoms with Gasteiger partial charge in [0.1, 0.15) is 5.75 Å². The zero-order valence-corrected chi connectivity index (χ0v) is 17.0. The quantitative estimate of drug-likeness (QED) is 0.444. The lowest BCUT2D eigenvalue weighted by molar-refractivity contribution is 0.102. The molecular formula is C24H20N2O2S. The lowest BCUT2D eigenvalue weighted by atomic mass is 10.1. The van der Waals surface area contributed by atoms with E-state index in [1.165, 1.54) is 16.9 Å². The van der Waals surface area contributed by atoms with Gasteiger partial charge in [-0.25, -0.2) is 4.98 Å². The van der Waals surface area contributed by atoms with Gasteiger partial charge in [0.15, 0.2) is 5.13 Å². The van der Waals surface area contributed by atoms with Crippen LogP contribution in [0.1, 0.15) is 15.9 Å². The number of carbonyl (C=O) groups is 1. The van der Waals surface area contributed by atoms with Crippen LogP contribution < -0.4 is 10.1 Å². The molecule has 144 valence electrons. The second-order valence-corrected chi connectivity index (χ2v) is 7.61. The van der Waals surface area contributed by atoms with Crippen molar-refractivity contribution >= 4 is 22.4 Å². The molecule has 1 heterocycles. The van der Waals surface area contributed by atoms with E-state index in [-0.39, 0.29) is 5.91 Å². The number of nitrogens with one attached hydrogen (secondary N) is 1. The smallest absolute Gasteiger partial charge is 0.257 e. The number of carbonyl (C=O) groups excluding carboxylic acids is 1. The third-order valence-electron chi connectivity index (χ3n) is 4.56. The Morgan fingerprint density at radius 1 is 0.897 bits per heavy atom. The van der Waals surface area contributed by atoms with Crippen LogP contribution in [-0.4, -0.2) is 18.0 Å². The first-order valence-electron chi connectivity index (χ1n) is 9.23. The molecule has 0 spiro atoms. The largest absolute Gasteiger partial charge is 0.497 e. The highest BCUT2D eigenvalue weighted by Crippen LogP contribution is 2.39. The van der Waals surface area contributed by atoms with E-state index >= 15 is 0 Å². The first-order chi connectivity index (χ1) is 14.1. The number of ether oxygens (including phenoxy) is 1. The number of amides is 1. The maximum atomic E-state index is 12.7. The van der Waals surface area contributed by atoms with Crippen molar-refractivity contribution in [3.63, 3.8) is 0 Å². The maximum absolute atomic E-state index is 12.7. The first kappa shape index (κ1) is 18.9. The lowest BCUT2D eigenvalue weighted by Crippen LogP contribution is -2.11. The van der Waals surface area contributed by atoms with Crippen molar-refractivity contribution in [3.05, 3.63) is 90.0 Å². The highest BCUT2D eigenvalue weighted by atomic mass is 32.1. The van der Waals surface area contributed by atoms with Gasteiger partial charge < -0.3 is 4.74 Å². The van der Waals surface area contributed by atoms with Gasteiger partial charge in [-0.2, -0.15) is 0 Å². The van der Waals surface area contributed by atoms with Gasteiger partial charge >= 0.3 is 0 Å². The first-order valence-corrected chi connectivity index (χ1v) is 10.0. The Morgan fingerprint density at radius 3 is 2.24 bits per heavy atom. The molecule has 0 aliphatic rings. The Hall–Kier alpha value is -3.44. The number of aromatic nitrogens is 1. The summed E-state index contributed by atoms with van der Waals surface area (Å²) in [6.45, 7) is 2.06. The molecular weight excluding hydrogens is 380 g/mol. The van der Waals surface area contributed by atoms with Crippen LogP contribution >= 0.6 is 11.3 Å². The van der Waals surface area contributed by atoms with Gasteiger partial charge in [-0.1, -0.05) is 71.5 Å². The monoisotopic (exact) mass is 400 g/mol. The number of hydrogen-bond acceptors (Lipinski definition) is 4. The van der Waals surface area contributed by atoms with Crippen LogP contribution in [-0.2, 0) is 0 Å². The SMILES string of the molecule is COc1ccc(C(=O)Nc2nc(-c3ccc(C)cc3)c(-c3ccccc3)s2)cc1. The highest BCUT2D eigenvalue weighted by Gasteiger charge is 2.17. The Balaban J connectivity index is 1.68. The van der Waals surface area contributed by atoms with E-state index in [0.29, 0.717) is 16.4 Å². The van der Waals surface area contributed by atoms with Gasteiger partial charge in [-0.05, 0) is 36.8 Å². The molecule has 1 aromatic heterocycles. The Labute approximate surface area is 173 Å². The molecule has 1 amide bonds. The highest BCUT2D eigenvalue weighted by molar-refractivity contribution is 7.19. The van der Waals surface area contributed by atoms with Crippen LogP contribution in [0.4, 0.5) is 5.13 Å². The number of benzene rings is 3. The minimum Gasteiger partial charge on any atom is -0.497 e. The molecule has 4 rings (SSSR count). The number of aryl methyl sites for hydroxylation is 1. The standard InChI is InChI=1S/C24H20N2O2S/c1-16-8-10-17(11-9-16)21-22(18-6-4-3-5-7-18)29-24(25-21)26-23(27)19-12-14-20(28-2)15-13-19/h3-15H,1-2H3,(H,25,26,27). The normalized spacial score (nSPS) is 10.6. The fourth-order valence-corrected chi connectivity index (χ4v) is 3.97. The Kier molecular flexibility index (Phi) is 5.40. The topological polar surface area (TPSA) is 51.2 Å². The molecule has 4 nitrogen and oxygen atoms in total. The van der Waals surface area contributed by atoms with Crippen molar-refractivity contribution in [2.75, 3.05) is 12.4 Å². The number of nitrogens with zero attached hydrogens (tertiary/aromatic N) is 1. The van der Waals surface area contributed by atoms with Crippen LogP contribution in [0.2, 0.25) is 0 Å². The molecule has 0 aliphatic heterocycles. The number of anilines is 1. The van der Waals surface area contributed by atoms with E-state index in [9.17, 15) is 4.79 Å². The molecule has 0 fully saturated rings. The molecule has 29 heavy (non-hydrogen) atoms. The van der Waals surface area contributed by atoms with Crippen molar-refractivity contribution < 1.29 is 9.53 Å². The third-order valence-corrected chi connectivity index (χ3v) is 5.58. The molecule has 0 atom stereocenters. The summed E-state index contributed by atoms with van der Waals surface area (Å²) in [5.74, 6) is 0.514. The molecule has 4 aromatic rings. The van der Waals surface area contributed by atoms with E-state index in [4.69, 9.17) is 9.72 Å². The molecule has 0 radical (unpaired) electrons.